The van der Waals surface area contributed by atoms with Crippen molar-refractivity contribution in [2.75, 3.05) is 39.5 Å². The second kappa shape index (κ2) is 10.1. The number of carbonyl (C=O) groups is 1. The highest BCUT2D eigenvalue weighted by Crippen LogP contribution is 2.30. The van der Waals surface area contributed by atoms with Crippen molar-refractivity contribution in [1.82, 2.24) is 14.8 Å². The highest BCUT2D eigenvalue weighted by atomic mass is 32.2. The van der Waals surface area contributed by atoms with Crippen LogP contribution in [0.15, 0.2) is 47.8 Å². The van der Waals surface area contributed by atoms with Crippen LogP contribution in [0.4, 0.5) is 15.0 Å². The van der Waals surface area contributed by atoms with Crippen molar-refractivity contribution in [3.63, 3.8) is 0 Å². The average molecular weight is 442 g/mol. The maximum Gasteiger partial charge on any atom is 0.323 e. The predicted octanol–water partition coefficient (Wildman–Crippen LogP) is 4.65. The van der Waals surface area contributed by atoms with Gasteiger partial charge in [-0.3, -0.25) is 10.3 Å². The number of aliphatic imine (C=N–C) groups is 1. The minimum absolute atomic E-state index is 0.0788. The number of piperidine rings is 1. The van der Waals surface area contributed by atoms with Crippen LogP contribution in [0.5, 0.6) is 0 Å². The number of benzene rings is 1. The Morgan fingerprint density at radius 1 is 1.39 bits per heavy atom. The predicted molar refractivity (Wildman–Crippen MR) is 128 cm³/mol. The van der Waals surface area contributed by atoms with Gasteiger partial charge in [-0.1, -0.05) is 30.5 Å². The van der Waals surface area contributed by atoms with Crippen LogP contribution in [0.2, 0.25) is 0 Å². The first-order chi connectivity index (χ1) is 14.8. The van der Waals surface area contributed by atoms with E-state index in [0.29, 0.717) is 18.8 Å². The molecule has 164 valence electrons. The normalized spacial score (nSPS) is 19.4. The van der Waals surface area contributed by atoms with Crippen LogP contribution in [0, 0.1) is 0 Å². The molecule has 0 unspecified atom stereocenters. The maximum atomic E-state index is 14.4. The third-order valence-electron chi connectivity index (χ3n) is 5.40. The summed E-state index contributed by atoms with van der Waals surface area (Å²) in [6.45, 7) is 6.31. The van der Waals surface area contributed by atoms with E-state index in [-0.39, 0.29) is 18.6 Å². The summed E-state index contributed by atoms with van der Waals surface area (Å²) >= 11 is 1.50. The maximum absolute atomic E-state index is 14.4. The number of anilines is 1. The number of fused-ring (bicyclic) bond motifs is 1. The van der Waals surface area contributed by atoms with Crippen LogP contribution in [0.1, 0.15) is 18.9 Å². The van der Waals surface area contributed by atoms with Gasteiger partial charge in [-0.2, -0.15) is 0 Å². The lowest BCUT2D eigenvalue weighted by molar-refractivity contribution is 0.0755. The molecule has 1 aromatic carbocycles. The largest absolute Gasteiger partial charge is 0.323 e. The zero-order valence-electron chi connectivity index (χ0n) is 18.4. The number of pyridine rings is 1. The molecule has 1 saturated heterocycles. The van der Waals surface area contributed by atoms with E-state index in [1.807, 2.05) is 50.2 Å². The Morgan fingerprint density at radius 3 is 2.81 bits per heavy atom. The molecule has 31 heavy (non-hydrogen) atoms. The SMILES string of the molecule is C=C=C(S/C(C)=N\C)c1ccc2cnc(NC(=O)N3CC[C@H](N(C)C)[C@@H](F)C3)cc2c1. The van der Waals surface area contributed by atoms with E-state index in [4.69, 9.17) is 0 Å². The minimum atomic E-state index is -1.07. The molecule has 0 bridgehead atoms. The molecule has 0 saturated carbocycles. The summed E-state index contributed by atoms with van der Waals surface area (Å²) < 4.78 is 14.4. The number of hydrogen-bond acceptors (Lipinski definition) is 5. The second-order valence-electron chi connectivity index (χ2n) is 7.69. The molecule has 0 aliphatic carbocycles. The molecule has 8 heteroatoms. The van der Waals surface area contributed by atoms with E-state index in [2.05, 4.69) is 27.6 Å². The Hall–Kier alpha value is -2.67. The highest BCUT2D eigenvalue weighted by molar-refractivity contribution is 8.21. The number of alkyl halides is 1. The zero-order chi connectivity index (χ0) is 22.5. The molecule has 1 aromatic heterocycles. The van der Waals surface area contributed by atoms with Crippen molar-refractivity contribution in [2.45, 2.75) is 25.6 Å². The van der Waals surface area contributed by atoms with Gasteiger partial charge in [0.05, 0.1) is 16.5 Å². The number of thioether (sulfide) groups is 1. The van der Waals surface area contributed by atoms with Crippen molar-refractivity contribution >= 4 is 44.3 Å². The summed E-state index contributed by atoms with van der Waals surface area (Å²) in [6, 6.07) is 7.30. The number of halogens is 1. The number of rotatable bonds is 4. The Morgan fingerprint density at radius 2 is 2.16 bits per heavy atom. The summed E-state index contributed by atoms with van der Waals surface area (Å²) in [6.07, 6.45) is 1.25. The summed E-state index contributed by atoms with van der Waals surface area (Å²) in [4.78, 5) is 25.4. The summed E-state index contributed by atoms with van der Waals surface area (Å²) in [5.41, 5.74) is 3.93. The summed E-state index contributed by atoms with van der Waals surface area (Å²) in [5.74, 6) is 0.433. The Kier molecular flexibility index (Phi) is 7.49. The first-order valence-electron chi connectivity index (χ1n) is 10.1. The lowest BCUT2D eigenvalue weighted by Crippen LogP contribution is -2.52. The molecular weight excluding hydrogens is 413 g/mol. The molecule has 1 aliphatic rings. The molecule has 1 aliphatic heterocycles. The van der Waals surface area contributed by atoms with Gasteiger partial charge in [0, 0.05) is 31.2 Å². The van der Waals surface area contributed by atoms with E-state index in [1.54, 1.807) is 13.2 Å². The van der Waals surface area contributed by atoms with E-state index in [1.165, 1.54) is 16.7 Å². The molecule has 2 atom stereocenters. The molecule has 1 N–H and O–H groups in total. The minimum Gasteiger partial charge on any atom is -0.321 e. The van der Waals surface area contributed by atoms with Crippen molar-refractivity contribution in [2.24, 2.45) is 4.99 Å². The van der Waals surface area contributed by atoms with Gasteiger partial charge < -0.3 is 9.80 Å². The number of hydrogen-bond donors (Lipinski definition) is 1. The van der Waals surface area contributed by atoms with Gasteiger partial charge in [0.2, 0.25) is 0 Å². The molecule has 3 rings (SSSR count). The van der Waals surface area contributed by atoms with E-state index in [0.717, 1.165) is 26.3 Å². The van der Waals surface area contributed by atoms with Gasteiger partial charge >= 0.3 is 6.03 Å². The Balaban J connectivity index is 1.76. The van der Waals surface area contributed by atoms with Gasteiger partial charge in [0.1, 0.15) is 12.0 Å². The number of likely N-dealkylation sites (tertiary alicyclic amines) is 1. The fourth-order valence-corrected chi connectivity index (χ4v) is 4.29. The van der Waals surface area contributed by atoms with Crippen LogP contribution in [-0.4, -0.2) is 72.3 Å². The molecule has 2 heterocycles. The first-order valence-corrected chi connectivity index (χ1v) is 10.9. The summed E-state index contributed by atoms with van der Waals surface area (Å²) in [7, 11) is 5.47. The second-order valence-corrected chi connectivity index (χ2v) is 8.90. The first kappa shape index (κ1) is 23.0. The fraction of sp³-hybridized carbons (Fsp3) is 0.391. The number of aromatic nitrogens is 1. The summed E-state index contributed by atoms with van der Waals surface area (Å²) in [5, 5.41) is 5.60. The van der Waals surface area contributed by atoms with E-state index in [9.17, 15) is 9.18 Å². The molecule has 6 nitrogen and oxygen atoms in total. The number of amides is 2. The van der Waals surface area contributed by atoms with E-state index >= 15 is 0 Å². The number of nitrogens with one attached hydrogen (secondary N) is 1. The van der Waals surface area contributed by atoms with Crippen molar-refractivity contribution < 1.29 is 9.18 Å². The van der Waals surface area contributed by atoms with Gasteiger partial charge in [0.25, 0.3) is 0 Å². The van der Waals surface area contributed by atoms with Gasteiger partial charge in [-0.25, -0.2) is 14.2 Å². The van der Waals surface area contributed by atoms with Gasteiger partial charge in [-0.05, 0) is 50.5 Å². The molecular formula is C23H28FN5OS. The van der Waals surface area contributed by atoms with Crippen molar-refractivity contribution in [3.05, 3.63) is 48.3 Å². The zero-order valence-corrected chi connectivity index (χ0v) is 19.2. The topological polar surface area (TPSA) is 60.8 Å². The van der Waals surface area contributed by atoms with Crippen molar-refractivity contribution in [1.29, 1.82) is 0 Å². The molecule has 1 fully saturated rings. The molecule has 0 radical (unpaired) electrons. The molecule has 2 amide bonds. The standard InChI is InChI=1S/C23H28FN5OS/c1-6-21(31-15(2)25-3)16-7-8-17-13-26-22(12-18(17)11-16)27-23(30)29-10-9-20(28(4)5)19(24)14-29/h7-8,11-13,19-20H,1,9-10,14H2,2-5H3,(H,26,27,30)/b25-15-/t19-,20-/m0/s1. The Bertz CT molecular complexity index is 1050. The van der Waals surface area contributed by atoms with Crippen LogP contribution in [-0.2, 0) is 0 Å². The van der Waals surface area contributed by atoms with Crippen LogP contribution >= 0.6 is 11.8 Å². The quantitative estimate of drug-likeness (QED) is 0.426. The van der Waals surface area contributed by atoms with Crippen LogP contribution in [0.25, 0.3) is 15.7 Å². The van der Waals surface area contributed by atoms with Crippen LogP contribution in [0.3, 0.4) is 0 Å². The van der Waals surface area contributed by atoms with E-state index < -0.39 is 6.17 Å². The third kappa shape index (κ3) is 5.53. The lowest BCUT2D eigenvalue weighted by atomic mass is 10.0. The van der Waals surface area contributed by atoms with Crippen LogP contribution < -0.4 is 5.32 Å². The van der Waals surface area contributed by atoms with Crippen molar-refractivity contribution in [3.8, 4) is 0 Å². The number of nitrogens with zero attached hydrogens (tertiary/aromatic N) is 4. The lowest BCUT2D eigenvalue weighted by Gasteiger charge is -2.37. The van der Waals surface area contributed by atoms with Gasteiger partial charge in [0.15, 0.2) is 0 Å². The smallest absolute Gasteiger partial charge is 0.321 e. The third-order valence-corrected chi connectivity index (χ3v) is 6.46. The fourth-order valence-electron chi connectivity index (χ4n) is 3.59. The number of urea groups is 1. The average Bonchev–Trinajstić information content (AvgIpc) is 2.76. The Labute approximate surface area is 186 Å². The highest BCUT2D eigenvalue weighted by Gasteiger charge is 2.32. The molecule has 0 spiro atoms. The van der Waals surface area contributed by atoms with Gasteiger partial charge in [-0.15, -0.1) is 5.73 Å². The monoisotopic (exact) mass is 441 g/mol. The number of carbonyl (C=O) groups excluding carboxylic acids is 1. The molecule has 2 aromatic rings.